The van der Waals surface area contributed by atoms with Gasteiger partial charge >= 0.3 is 6.18 Å². The number of Topliss-reactive ketones (excluding diaryl/α,β-unsaturated/α-hetero) is 1. The zero-order valence-corrected chi connectivity index (χ0v) is 28.0. The van der Waals surface area contributed by atoms with E-state index in [-0.39, 0.29) is 34.4 Å². The molecule has 0 aromatic heterocycles. The molecule has 0 spiro atoms. The second-order valence-corrected chi connectivity index (χ2v) is 15.4. The molecule has 0 aromatic carbocycles. The fraction of sp³-hybridized carbons (Fsp3) is 0.771. The molecular weight excluding hydrogens is 553 g/mol. The number of nitriles is 1. The number of halogens is 3. The lowest BCUT2D eigenvalue weighted by atomic mass is 9.44. The Morgan fingerprint density at radius 1 is 1.07 bits per heavy atom. The van der Waals surface area contributed by atoms with E-state index in [4.69, 9.17) is 0 Å². The highest BCUT2D eigenvalue weighted by Crippen LogP contribution is 2.65. The maximum absolute atomic E-state index is 13.4. The van der Waals surface area contributed by atoms with E-state index in [0.29, 0.717) is 32.1 Å². The van der Waals surface area contributed by atoms with E-state index in [1.807, 2.05) is 13.8 Å². The molecule has 0 unspecified atom stereocenters. The molecule has 2 aliphatic rings. The second-order valence-electron chi connectivity index (χ2n) is 15.4. The minimum atomic E-state index is -4.50. The summed E-state index contributed by atoms with van der Waals surface area (Å²) in [5, 5.41) is 11.9. The van der Waals surface area contributed by atoms with Crippen molar-refractivity contribution in [3.63, 3.8) is 0 Å². The standard InChI is InChI=1S/C35H53F3N2O3/c1-11-13-30(4,5)15-17-32(8,29(43)40-22-35(36,37)38)18-16-31(6,7)34(10)14-12-26-24(3)28(42)25(21-39)20-33(26,9)27(34)19-23(2)41/h19-20,24,26H,11-18,22H2,1-10H3,(H,40,43)/b27-19-/t24-,26-,32-,33-,34+/m0/s1. The molecule has 0 heterocycles. The molecule has 2 rings (SSSR count). The number of nitrogens with one attached hydrogen (secondary N) is 1. The van der Waals surface area contributed by atoms with E-state index in [9.17, 15) is 32.8 Å². The van der Waals surface area contributed by atoms with Gasteiger partial charge in [0, 0.05) is 16.7 Å². The molecule has 1 fully saturated rings. The summed E-state index contributed by atoms with van der Waals surface area (Å²) in [7, 11) is 0. The fourth-order valence-electron chi connectivity index (χ4n) is 7.76. The quantitative estimate of drug-likeness (QED) is 0.225. The van der Waals surface area contributed by atoms with Gasteiger partial charge in [-0.3, -0.25) is 14.4 Å². The van der Waals surface area contributed by atoms with Gasteiger partial charge in [0.1, 0.15) is 12.6 Å². The van der Waals surface area contributed by atoms with Gasteiger partial charge in [-0.25, -0.2) is 0 Å². The number of hydrogen-bond acceptors (Lipinski definition) is 4. The van der Waals surface area contributed by atoms with E-state index in [2.05, 4.69) is 52.9 Å². The van der Waals surface area contributed by atoms with Crippen molar-refractivity contribution in [3.05, 3.63) is 23.3 Å². The molecule has 5 atom stereocenters. The summed E-state index contributed by atoms with van der Waals surface area (Å²) in [6.45, 7) is 18.5. The highest BCUT2D eigenvalue weighted by atomic mass is 19.4. The number of alkyl halides is 3. The van der Waals surface area contributed by atoms with Crippen LogP contribution >= 0.6 is 0 Å². The largest absolute Gasteiger partial charge is 0.405 e. The molecule has 1 saturated carbocycles. The Balaban J connectivity index is 2.52. The predicted molar refractivity (Wildman–Crippen MR) is 164 cm³/mol. The van der Waals surface area contributed by atoms with Gasteiger partial charge in [-0.15, -0.1) is 0 Å². The minimum absolute atomic E-state index is 0.0495. The smallest absolute Gasteiger partial charge is 0.347 e. The van der Waals surface area contributed by atoms with Crippen molar-refractivity contribution >= 4 is 17.5 Å². The van der Waals surface area contributed by atoms with Crippen molar-refractivity contribution in [1.82, 2.24) is 5.32 Å². The van der Waals surface area contributed by atoms with Crippen LogP contribution in [0.2, 0.25) is 0 Å². The number of fused-ring (bicyclic) bond motifs is 1. The second kappa shape index (κ2) is 12.9. The highest BCUT2D eigenvalue weighted by molar-refractivity contribution is 6.02. The summed E-state index contributed by atoms with van der Waals surface area (Å²) in [4.78, 5) is 39.0. The summed E-state index contributed by atoms with van der Waals surface area (Å²) in [5.74, 6) is -1.30. The first-order valence-electron chi connectivity index (χ1n) is 15.7. The lowest BCUT2D eigenvalue weighted by molar-refractivity contribution is -0.145. The van der Waals surface area contributed by atoms with Gasteiger partial charge in [0.15, 0.2) is 11.6 Å². The van der Waals surface area contributed by atoms with Crippen LogP contribution in [0.3, 0.4) is 0 Å². The molecule has 0 aromatic rings. The normalized spacial score (nSPS) is 28.9. The molecule has 1 N–H and O–H groups in total. The van der Waals surface area contributed by atoms with Crippen LogP contribution in [-0.2, 0) is 14.4 Å². The number of hydrogen-bond donors (Lipinski definition) is 1. The van der Waals surface area contributed by atoms with Gasteiger partial charge in [0.2, 0.25) is 5.91 Å². The number of rotatable bonds is 12. The van der Waals surface area contributed by atoms with Crippen molar-refractivity contribution in [3.8, 4) is 6.07 Å². The van der Waals surface area contributed by atoms with E-state index in [0.717, 1.165) is 24.8 Å². The molecule has 0 bridgehead atoms. The lowest BCUT2D eigenvalue weighted by Crippen LogP contribution is -2.53. The Labute approximate surface area is 257 Å². The zero-order valence-electron chi connectivity index (χ0n) is 28.0. The zero-order chi connectivity index (χ0) is 33.2. The molecule has 43 heavy (non-hydrogen) atoms. The highest BCUT2D eigenvalue weighted by Gasteiger charge is 2.58. The molecule has 0 saturated heterocycles. The Morgan fingerprint density at radius 3 is 2.16 bits per heavy atom. The van der Waals surface area contributed by atoms with Crippen LogP contribution in [-0.4, -0.2) is 30.2 Å². The lowest BCUT2D eigenvalue weighted by Gasteiger charge is -2.59. The molecule has 8 heteroatoms. The molecule has 0 aliphatic heterocycles. The van der Waals surface area contributed by atoms with E-state index in [1.165, 1.54) is 6.92 Å². The summed E-state index contributed by atoms with van der Waals surface area (Å²) >= 11 is 0. The molecule has 0 radical (unpaired) electrons. The van der Waals surface area contributed by atoms with Crippen LogP contribution in [0.1, 0.15) is 121 Å². The first kappa shape index (κ1) is 36.8. The topological polar surface area (TPSA) is 87.0 Å². The summed E-state index contributed by atoms with van der Waals surface area (Å²) in [6, 6.07) is 2.07. The number of ketones is 2. The van der Waals surface area contributed by atoms with Crippen molar-refractivity contribution < 1.29 is 27.6 Å². The van der Waals surface area contributed by atoms with Crippen LogP contribution in [0.5, 0.6) is 0 Å². The van der Waals surface area contributed by atoms with Crippen LogP contribution in [0.15, 0.2) is 23.3 Å². The minimum Gasteiger partial charge on any atom is -0.347 e. The Kier molecular flexibility index (Phi) is 11.0. The molecule has 242 valence electrons. The van der Waals surface area contributed by atoms with Crippen molar-refractivity contribution in [2.45, 2.75) is 127 Å². The third-order valence-corrected chi connectivity index (χ3v) is 11.2. The van der Waals surface area contributed by atoms with Gasteiger partial charge < -0.3 is 5.32 Å². The fourth-order valence-corrected chi connectivity index (χ4v) is 7.76. The Hall–Kier alpha value is -2.43. The van der Waals surface area contributed by atoms with Gasteiger partial charge in [-0.2, -0.15) is 18.4 Å². The summed E-state index contributed by atoms with van der Waals surface area (Å²) in [5.41, 5.74) is -1.77. The maximum atomic E-state index is 13.4. The molecule has 2 aliphatic carbocycles. The van der Waals surface area contributed by atoms with Crippen molar-refractivity contribution in [2.24, 2.45) is 38.9 Å². The van der Waals surface area contributed by atoms with E-state index in [1.54, 1.807) is 19.1 Å². The van der Waals surface area contributed by atoms with Gasteiger partial charge in [-0.05, 0) is 80.1 Å². The van der Waals surface area contributed by atoms with E-state index < -0.39 is 40.3 Å². The van der Waals surface area contributed by atoms with Crippen LogP contribution in [0.25, 0.3) is 0 Å². The molecule has 1 amide bonds. The van der Waals surface area contributed by atoms with Crippen LogP contribution in [0.4, 0.5) is 13.2 Å². The van der Waals surface area contributed by atoms with Gasteiger partial charge in [0.05, 0.1) is 5.57 Å². The van der Waals surface area contributed by atoms with E-state index >= 15 is 0 Å². The van der Waals surface area contributed by atoms with Crippen LogP contribution < -0.4 is 5.32 Å². The number of amides is 1. The average Bonchev–Trinajstić information content (AvgIpc) is 2.88. The third-order valence-electron chi connectivity index (χ3n) is 11.2. The molecule has 5 nitrogen and oxygen atoms in total. The first-order chi connectivity index (χ1) is 19.5. The number of carbonyl (C=O) groups is 3. The third kappa shape index (κ3) is 8.00. The van der Waals surface area contributed by atoms with Crippen molar-refractivity contribution in [2.75, 3.05) is 6.54 Å². The number of carbonyl (C=O) groups excluding carboxylic acids is 3. The average molecular weight is 607 g/mol. The molecular formula is C35H53F3N2O3. The monoisotopic (exact) mass is 606 g/mol. The Morgan fingerprint density at radius 2 is 1.65 bits per heavy atom. The SMILES string of the molecule is CCCC(C)(C)CC[C@@](C)(CCC(C)(C)[C@]1(C)CC[C@H]2[C@H](C)C(=O)C(C#N)=C[C@]2(C)/C1=C/C(C)=O)C(=O)NCC(F)(F)F. The van der Waals surface area contributed by atoms with Gasteiger partial charge in [0.25, 0.3) is 0 Å². The van der Waals surface area contributed by atoms with Crippen molar-refractivity contribution in [1.29, 1.82) is 5.26 Å². The Bertz CT molecular complexity index is 1190. The van der Waals surface area contributed by atoms with Gasteiger partial charge in [-0.1, -0.05) is 80.4 Å². The maximum Gasteiger partial charge on any atom is 0.405 e. The number of allylic oxidation sites excluding steroid dienone is 4. The number of nitrogens with zero attached hydrogens (tertiary/aromatic N) is 1. The predicted octanol–water partition coefficient (Wildman–Crippen LogP) is 8.69. The summed E-state index contributed by atoms with van der Waals surface area (Å²) < 4.78 is 39.2. The first-order valence-corrected chi connectivity index (χ1v) is 15.7. The summed E-state index contributed by atoms with van der Waals surface area (Å²) in [6.07, 6.45) is 4.36. The van der Waals surface area contributed by atoms with Crippen LogP contribution in [0, 0.1) is 50.2 Å².